The van der Waals surface area contributed by atoms with Crippen molar-refractivity contribution >= 4 is 0 Å². The molecule has 1 unspecified atom stereocenters. The van der Waals surface area contributed by atoms with Crippen LogP contribution in [0.5, 0.6) is 0 Å². The molecule has 11 heavy (non-hydrogen) atoms. The minimum absolute atomic E-state index is 0.00965. The lowest BCUT2D eigenvalue weighted by Crippen LogP contribution is -2.35. The van der Waals surface area contributed by atoms with Crippen LogP contribution in [0.15, 0.2) is 0 Å². The molecular weight excluding hydrogens is 136 g/mol. The summed E-state index contributed by atoms with van der Waals surface area (Å²) in [7, 11) is 2.01. The maximum absolute atomic E-state index is 5.87. The zero-order valence-electron chi connectivity index (χ0n) is 8.28. The van der Waals surface area contributed by atoms with Gasteiger partial charge in [0.15, 0.2) is 0 Å². The summed E-state index contributed by atoms with van der Waals surface area (Å²) < 4.78 is 0. The van der Waals surface area contributed by atoms with E-state index >= 15 is 0 Å². The van der Waals surface area contributed by atoms with Gasteiger partial charge in [0, 0.05) is 11.6 Å². The van der Waals surface area contributed by atoms with Crippen LogP contribution in [-0.2, 0) is 0 Å². The van der Waals surface area contributed by atoms with Gasteiger partial charge in [-0.1, -0.05) is 6.92 Å². The molecule has 0 fully saturated rings. The lowest BCUT2D eigenvalue weighted by Gasteiger charge is -2.21. The van der Waals surface area contributed by atoms with Gasteiger partial charge in [-0.05, 0) is 40.2 Å². The minimum Gasteiger partial charge on any atom is -0.326 e. The zero-order valence-corrected chi connectivity index (χ0v) is 8.28. The van der Waals surface area contributed by atoms with Gasteiger partial charge in [-0.3, -0.25) is 0 Å². The first-order valence-electron chi connectivity index (χ1n) is 4.45. The molecule has 0 bridgehead atoms. The molecule has 0 saturated carbocycles. The molecule has 3 N–H and O–H groups in total. The molecule has 0 aliphatic heterocycles. The lowest BCUT2D eigenvalue weighted by atomic mass is 9.96. The first-order chi connectivity index (χ1) is 4.99. The van der Waals surface area contributed by atoms with Gasteiger partial charge in [-0.15, -0.1) is 0 Å². The Bertz CT molecular complexity index is 90.2. The number of nitrogens with two attached hydrogens (primary N) is 1. The smallest absolute Gasteiger partial charge is 0.00976 e. The third-order valence-corrected chi connectivity index (χ3v) is 2.04. The Hall–Kier alpha value is -0.0800. The average molecular weight is 158 g/mol. The molecule has 0 aromatic carbocycles. The van der Waals surface area contributed by atoms with Crippen molar-refractivity contribution in [2.45, 2.75) is 51.6 Å². The molecule has 2 nitrogen and oxygen atoms in total. The van der Waals surface area contributed by atoms with Crippen LogP contribution in [-0.4, -0.2) is 18.6 Å². The van der Waals surface area contributed by atoms with E-state index in [9.17, 15) is 0 Å². The summed E-state index contributed by atoms with van der Waals surface area (Å²) in [6.07, 6.45) is 3.45. The van der Waals surface area contributed by atoms with Crippen LogP contribution in [0.1, 0.15) is 40.0 Å². The Morgan fingerprint density at radius 3 is 2.27 bits per heavy atom. The number of rotatable bonds is 5. The van der Waals surface area contributed by atoms with Crippen molar-refractivity contribution in [1.82, 2.24) is 5.32 Å². The number of hydrogen-bond acceptors (Lipinski definition) is 2. The van der Waals surface area contributed by atoms with Gasteiger partial charge in [0.2, 0.25) is 0 Å². The molecule has 68 valence electrons. The van der Waals surface area contributed by atoms with Gasteiger partial charge in [-0.25, -0.2) is 0 Å². The Balaban J connectivity index is 3.51. The molecule has 0 aromatic heterocycles. The Labute approximate surface area is 70.5 Å². The molecule has 1 atom stereocenters. The maximum Gasteiger partial charge on any atom is 0.00976 e. The molecule has 0 amide bonds. The van der Waals surface area contributed by atoms with Crippen molar-refractivity contribution in [3.63, 3.8) is 0 Å². The fraction of sp³-hybridized carbons (Fsp3) is 1.00. The van der Waals surface area contributed by atoms with Gasteiger partial charge >= 0.3 is 0 Å². The van der Waals surface area contributed by atoms with Gasteiger partial charge in [0.05, 0.1) is 0 Å². The second-order valence-electron chi connectivity index (χ2n) is 3.92. The average Bonchev–Trinajstić information content (AvgIpc) is 1.88. The third kappa shape index (κ3) is 6.32. The summed E-state index contributed by atoms with van der Waals surface area (Å²) in [5, 5.41) is 3.27. The summed E-state index contributed by atoms with van der Waals surface area (Å²) in [5.41, 5.74) is 5.86. The van der Waals surface area contributed by atoms with Gasteiger partial charge in [-0.2, -0.15) is 0 Å². The van der Waals surface area contributed by atoms with Crippen LogP contribution in [0, 0.1) is 0 Å². The summed E-state index contributed by atoms with van der Waals surface area (Å²) in [6.45, 7) is 6.36. The molecule has 0 heterocycles. The summed E-state index contributed by atoms with van der Waals surface area (Å²) in [5.74, 6) is 0. The molecule has 2 heteroatoms. The first kappa shape index (κ1) is 10.9. The molecule has 0 saturated heterocycles. The van der Waals surface area contributed by atoms with E-state index < -0.39 is 0 Å². The van der Waals surface area contributed by atoms with Crippen molar-refractivity contribution in [3.8, 4) is 0 Å². The van der Waals surface area contributed by atoms with E-state index in [-0.39, 0.29) is 5.54 Å². The van der Waals surface area contributed by atoms with E-state index in [1.165, 1.54) is 12.8 Å². The summed E-state index contributed by atoms with van der Waals surface area (Å²) in [6, 6.07) is 0.637. The van der Waals surface area contributed by atoms with Crippen LogP contribution >= 0.6 is 0 Å². The van der Waals surface area contributed by atoms with Crippen molar-refractivity contribution in [2.24, 2.45) is 5.73 Å². The highest BCUT2D eigenvalue weighted by molar-refractivity contribution is 4.75. The molecule has 0 radical (unpaired) electrons. The number of hydrogen-bond donors (Lipinski definition) is 2. The van der Waals surface area contributed by atoms with Crippen molar-refractivity contribution in [3.05, 3.63) is 0 Å². The molecular formula is C9H22N2. The number of nitrogens with one attached hydrogen (secondary N) is 1. The normalized spacial score (nSPS) is 15.0. The molecule has 0 aliphatic rings. The Morgan fingerprint density at radius 1 is 1.45 bits per heavy atom. The monoisotopic (exact) mass is 158 g/mol. The van der Waals surface area contributed by atoms with Crippen LogP contribution in [0.2, 0.25) is 0 Å². The van der Waals surface area contributed by atoms with Crippen LogP contribution in [0.25, 0.3) is 0 Å². The maximum atomic E-state index is 5.87. The Kier molecular flexibility index (Phi) is 4.69. The first-order valence-corrected chi connectivity index (χ1v) is 4.45. The SMILES string of the molecule is CCC(CCC(C)(C)N)NC. The highest BCUT2D eigenvalue weighted by atomic mass is 14.9. The molecule has 0 aliphatic carbocycles. The van der Waals surface area contributed by atoms with Gasteiger partial charge in [0.25, 0.3) is 0 Å². The van der Waals surface area contributed by atoms with Gasteiger partial charge in [0.1, 0.15) is 0 Å². The van der Waals surface area contributed by atoms with E-state index in [2.05, 4.69) is 26.1 Å². The highest BCUT2D eigenvalue weighted by Gasteiger charge is 2.12. The predicted octanol–water partition coefficient (Wildman–Crippen LogP) is 1.50. The van der Waals surface area contributed by atoms with Crippen molar-refractivity contribution < 1.29 is 0 Å². The fourth-order valence-electron chi connectivity index (χ4n) is 1.10. The summed E-state index contributed by atoms with van der Waals surface area (Å²) in [4.78, 5) is 0. The van der Waals surface area contributed by atoms with E-state index in [1.807, 2.05) is 7.05 Å². The molecule has 0 rings (SSSR count). The predicted molar refractivity (Wildman–Crippen MR) is 50.6 cm³/mol. The van der Waals surface area contributed by atoms with Crippen molar-refractivity contribution in [2.75, 3.05) is 7.05 Å². The fourth-order valence-corrected chi connectivity index (χ4v) is 1.10. The van der Waals surface area contributed by atoms with Crippen molar-refractivity contribution in [1.29, 1.82) is 0 Å². The lowest BCUT2D eigenvalue weighted by molar-refractivity contribution is 0.399. The summed E-state index contributed by atoms with van der Waals surface area (Å²) >= 11 is 0. The van der Waals surface area contributed by atoms with Crippen LogP contribution in [0.3, 0.4) is 0 Å². The van der Waals surface area contributed by atoms with E-state index in [4.69, 9.17) is 5.73 Å². The second kappa shape index (κ2) is 4.73. The van der Waals surface area contributed by atoms with E-state index in [0.29, 0.717) is 6.04 Å². The molecule has 0 spiro atoms. The third-order valence-electron chi connectivity index (χ3n) is 2.04. The molecule has 0 aromatic rings. The second-order valence-corrected chi connectivity index (χ2v) is 3.92. The van der Waals surface area contributed by atoms with Crippen LogP contribution in [0.4, 0.5) is 0 Å². The van der Waals surface area contributed by atoms with Gasteiger partial charge < -0.3 is 11.1 Å². The largest absolute Gasteiger partial charge is 0.326 e. The standard InChI is InChI=1S/C9H22N2/c1-5-8(11-4)6-7-9(2,3)10/h8,11H,5-7,10H2,1-4H3. The quantitative estimate of drug-likeness (QED) is 0.636. The minimum atomic E-state index is -0.00965. The highest BCUT2D eigenvalue weighted by Crippen LogP contribution is 2.10. The zero-order chi connectivity index (χ0) is 8.91. The van der Waals surface area contributed by atoms with E-state index in [0.717, 1.165) is 6.42 Å². The van der Waals surface area contributed by atoms with Crippen LogP contribution < -0.4 is 11.1 Å². The Morgan fingerprint density at radius 2 is 2.00 bits per heavy atom. The topological polar surface area (TPSA) is 38.0 Å². The van der Waals surface area contributed by atoms with E-state index in [1.54, 1.807) is 0 Å².